The van der Waals surface area contributed by atoms with Gasteiger partial charge in [-0.15, -0.1) is 0 Å². The molecule has 0 aliphatic rings. The molecule has 1 aromatic heterocycles. The van der Waals surface area contributed by atoms with Gasteiger partial charge in [-0.3, -0.25) is 0 Å². The van der Waals surface area contributed by atoms with Gasteiger partial charge in [0.1, 0.15) is 11.3 Å². The average Bonchev–Trinajstić information content (AvgIpc) is 2.10. The first-order valence-corrected chi connectivity index (χ1v) is 5.17. The molecule has 0 spiro atoms. The van der Waals surface area contributed by atoms with E-state index in [4.69, 9.17) is 11.6 Å². The van der Waals surface area contributed by atoms with Crippen LogP contribution in [0.2, 0.25) is 5.02 Å². The summed E-state index contributed by atoms with van der Waals surface area (Å²) in [5.41, 5.74) is 1.02. The van der Waals surface area contributed by atoms with Gasteiger partial charge in [0.25, 0.3) is 0 Å². The van der Waals surface area contributed by atoms with E-state index in [0.717, 1.165) is 4.47 Å². The van der Waals surface area contributed by atoms with E-state index in [1.807, 2.05) is 0 Å². The minimum atomic E-state index is -0.353. The maximum atomic E-state index is 13.4. The summed E-state index contributed by atoms with van der Waals surface area (Å²) < 4.78 is 14.1. The van der Waals surface area contributed by atoms with E-state index in [2.05, 4.69) is 20.9 Å². The van der Waals surface area contributed by atoms with Crippen molar-refractivity contribution in [3.05, 3.63) is 39.2 Å². The first-order valence-electron chi connectivity index (χ1n) is 4.00. The molecule has 0 amide bonds. The minimum Gasteiger partial charge on any atom is -0.250 e. The van der Waals surface area contributed by atoms with Crippen LogP contribution < -0.4 is 0 Å². The van der Waals surface area contributed by atoms with Gasteiger partial charge in [0.05, 0.1) is 5.02 Å². The van der Waals surface area contributed by atoms with Gasteiger partial charge >= 0.3 is 0 Å². The number of fused-ring (bicyclic) bond motifs is 1. The van der Waals surface area contributed by atoms with E-state index >= 15 is 0 Å². The molecule has 2 aromatic rings. The Balaban J connectivity index is 3.00. The van der Waals surface area contributed by atoms with Gasteiger partial charge in [0.2, 0.25) is 0 Å². The lowest BCUT2D eigenvalue weighted by molar-refractivity contribution is 0.636. The monoisotopic (exact) mass is 273 g/mol. The molecule has 0 N–H and O–H groups in total. The van der Waals surface area contributed by atoms with Crippen LogP contribution in [0.15, 0.2) is 22.7 Å². The zero-order valence-corrected chi connectivity index (χ0v) is 9.66. The third kappa shape index (κ3) is 1.51. The summed E-state index contributed by atoms with van der Waals surface area (Å²) in [7, 11) is 0. The Morgan fingerprint density at radius 3 is 2.86 bits per heavy atom. The molecule has 0 bridgehead atoms. The van der Waals surface area contributed by atoms with Gasteiger partial charge in [-0.1, -0.05) is 27.5 Å². The highest BCUT2D eigenvalue weighted by Crippen LogP contribution is 2.31. The second-order valence-corrected chi connectivity index (χ2v) is 4.26. The first kappa shape index (κ1) is 9.87. The van der Waals surface area contributed by atoms with Crippen LogP contribution in [0.3, 0.4) is 0 Å². The van der Waals surface area contributed by atoms with Crippen molar-refractivity contribution in [1.82, 2.24) is 4.98 Å². The minimum absolute atomic E-state index is 0.310. The van der Waals surface area contributed by atoms with Gasteiger partial charge in [-0.25, -0.2) is 9.37 Å². The fourth-order valence-electron chi connectivity index (χ4n) is 1.34. The Hall–Kier alpha value is -0.670. The zero-order valence-electron chi connectivity index (χ0n) is 7.31. The molecule has 4 heteroatoms. The molecular formula is C10H6BrClFN. The lowest BCUT2D eigenvalue weighted by Crippen LogP contribution is -1.89. The van der Waals surface area contributed by atoms with Gasteiger partial charge in [0.15, 0.2) is 0 Å². The molecule has 0 fully saturated rings. The van der Waals surface area contributed by atoms with Crippen molar-refractivity contribution in [1.29, 1.82) is 0 Å². The molecule has 14 heavy (non-hydrogen) atoms. The fraction of sp³-hybridized carbons (Fsp3) is 0.100. The molecular weight excluding hydrogens is 268 g/mol. The topological polar surface area (TPSA) is 12.9 Å². The number of nitrogens with zero attached hydrogens (tertiary/aromatic N) is 1. The van der Waals surface area contributed by atoms with E-state index in [-0.39, 0.29) is 5.82 Å². The van der Waals surface area contributed by atoms with Crippen molar-refractivity contribution in [2.45, 2.75) is 6.92 Å². The maximum Gasteiger partial charge on any atom is 0.149 e. The Morgan fingerprint density at radius 2 is 2.14 bits per heavy atom. The Labute approximate surface area is 94.0 Å². The summed E-state index contributed by atoms with van der Waals surface area (Å²) in [5.74, 6) is -0.353. The van der Waals surface area contributed by atoms with E-state index in [0.29, 0.717) is 21.6 Å². The number of benzene rings is 1. The highest BCUT2D eigenvalue weighted by Gasteiger charge is 2.09. The smallest absolute Gasteiger partial charge is 0.149 e. The molecule has 0 unspecified atom stereocenters. The predicted molar refractivity (Wildman–Crippen MR) is 59.1 cm³/mol. The van der Waals surface area contributed by atoms with Crippen LogP contribution in [-0.2, 0) is 0 Å². The maximum absolute atomic E-state index is 13.4. The Kier molecular flexibility index (Phi) is 2.45. The highest BCUT2D eigenvalue weighted by atomic mass is 79.9. The van der Waals surface area contributed by atoms with Crippen molar-refractivity contribution < 1.29 is 4.39 Å². The molecule has 1 heterocycles. The highest BCUT2D eigenvalue weighted by molar-refractivity contribution is 9.10. The number of hydrogen-bond donors (Lipinski definition) is 0. The van der Waals surface area contributed by atoms with Crippen LogP contribution in [0.1, 0.15) is 5.69 Å². The van der Waals surface area contributed by atoms with Crippen molar-refractivity contribution in [3.8, 4) is 0 Å². The van der Waals surface area contributed by atoms with Crippen LogP contribution in [-0.4, -0.2) is 4.98 Å². The third-order valence-electron chi connectivity index (χ3n) is 1.94. The van der Waals surface area contributed by atoms with Crippen molar-refractivity contribution in [2.75, 3.05) is 0 Å². The molecule has 1 aromatic carbocycles. The second kappa shape index (κ2) is 3.48. The molecule has 1 nitrogen and oxygen atoms in total. The number of pyridine rings is 1. The number of aryl methyl sites for hydroxylation is 1. The van der Waals surface area contributed by atoms with Gasteiger partial charge in [-0.2, -0.15) is 0 Å². The largest absolute Gasteiger partial charge is 0.250 e. The van der Waals surface area contributed by atoms with Gasteiger partial charge in [0, 0.05) is 15.6 Å². The summed E-state index contributed by atoms with van der Waals surface area (Å²) in [5, 5.41) is 1.14. The second-order valence-electron chi connectivity index (χ2n) is 3.00. The average molecular weight is 275 g/mol. The lowest BCUT2D eigenvalue weighted by atomic mass is 10.2. The summed E-state index contributed by atoms with van der Waals surface area (Å²) in [6.45, 7) is 1.78. The van der Waals surface area contributed by atoms with Crippen LogP contribution in [0.5, 0.6) is 0 Å². The quantitative estimate of drug-likeness (QED) is 0.705. The van der Waals surface area contributed by atoms with Gasteiger partial charge in [-0.05, 0) is 25.1 Å². The summed E-state index contributed by atoms with van der Waals surface area (Å²) >= 11 is 9.32. The van der Waals surface area contributed by atoms with Gasteiger partial charge < -0.3 is 0 Å². The molecule has 0 saturated heterocycles. The van der Waals surface area contributed by atoms with Crippen LogP contribution >= 0.6 is 27.5 Å². The molecule has 72 valence electrons. The summed E-state index contributed by atoms with van der Waals surface area (Å²) in [6.07, 6.45) is 0. The van der Waals surface area contributed by atoms with E-state index in [9.17, 15) is 4.39 Å². The molecule has 0 aliphatic carbocycles. The molecule has 0 saturated carbocycles. The Morgan fingerprint density at radius 1 is 1.43 bits per heavy atom. The number of rotatable bonds is 0. The normalized spacial score (nSPS) is 10.9. The predicted octanol–water partition coefficient (Wildman–Crippen LogP) is 4.10. The van der Waals surface area contributed by atoms with Crippen molar-refractivity contribution in [3.63, 3.8) is 0 Å². The molecule has 0 atom stereocenters. The fourth-order valence-corrected chi connectivity index (χ4v) is 2.34. The lowest BCUT2D eigenvalue weighted by Gasteiger charge is -2.04. The van der Waals surface area contributed by atoms with Crippen LogP contribution in [0.25, 0.3) is 10.9 Å². The van der Waals surface area contributed by atoms with Crippen molar-refractivity contribution >= 4 is 38.4 Å². The number of halogens is 3. The number of hydrogen-bond acceptors (Lipinski definition) is 1. The standard InChI is InChI=1S/C10H6BrClFN/c1-5-4-7(12)9-6(11)2-3-8(13)10(9)14-5/h2-4H,1H3. The first-order chi connectivity index (χ1) is 6.59. The SMILES string of the molecule is Cc1cc(Cl)c2c(Br)ccc(F)c2n1. The summed E-state index contributed by atoms with van der Waals surface area (Å²) in [6, 6.07) is 4.71. The van der Waals surface area contributed by atoms with Crippen LogP contribution in [0, 0.1) is 12.7 Å². The van der Waals surface area contributed by atoms with E-state index in [1.165, 1.54) is 6.07 Å². The van der Waals surface area contributed by atoms with Crippen LogP contribution in [0.4, 0.5) is 4.39 Å². The zero-order chi connectivity index (χ0) is 10.3. The van der Waals surface area contributed by atoms with Crippen molar-refractivity contribution in [2.24, 2.45) is 0 Å². The summed E-state index contributed by atoms with van der Waals surface area (Å²) in [4.78, 5) is 4.11. The number of aromatic nitrogens is 1. The van der Waals surface area contributed by atoms with E-state index < -0.39 is 0 Å². The third-order valence-corrected chi connectivity index (χ3v) is 2.90. The van der Waals surface area contributed by atoms with E-state index in [1.54, 1.807) is 19.1 Å². The Bertz CT molecular complexity index is 513. The molecule has 2 rings (SSSR count). The molecule has 0 aliphatic heterocycles. The molecule has 0 radical (unpaired) electrons.